The van der Waals surface area contributed by atoms with Crippen LogP contribution in [0.4, 0.5) is 0 Å². The maximum atomic E-state index is 4.28. The molecule has 0 amide bonds. The van der Waals surface area contributed by atoms with Crippen molar-refractivity contribution in [3.8, 4) is 0 Å². The van der Waals surface area contributed by atoms with Crippen molar-refractivity contribution in [2.75, 3.05) is 12.3 Å². The van der Waals surface area contributed by atoms with E-state index in [9.17, 15) is 0 Å². The van der Waals surface area contributed by atoms with Crippen LogP contribution in [0.15, 0.2) is 5.51 Å². The van der Waals surface area contributed by atoms with E-state index in [0.29, 0.717) is 10.8 Å². The predicted octanol–water partition coefficient (Wildman–Crippen LogP) is 3.63. The molecule has 1 heterocycles. The van der Waals surface area contributed by atoms with E-state index in [1.54, 1.807) is 11.3 Å². The smallest absolute Gasteiger partial charge is 0.0798 e. The molecule has 1 rings (SSSR count). The first kappa shape index (κ1) is 14.0. The van der Waals surface area contributed by atoms with Crippen molar-refractivity contribution in [3.63, 3.8) is 0 Å². The molecule has 2 nitrogen and oxygen atoms in total. The highest BCUT2D eigenvalue weighted by molar-refractivity contribution is 8.00. The lowest BCUT2D eigenvalue weighted by Gasteiger charge is -2.19. The molecule has 0 spiro atoms. The molecule has 92 valence electrons. The van der Waals surface area contributed by atoms with Gasteiger partial charge in [-0.25, -0.2) is 4.98 Å². The third-order valence-corrected chi connectivity index (χ3v) is 4.65. The van der Waals surface area contributed by atoms with E-state index in [1.807, 2.05) is 17.3 Å². The average molecular weight is 258 g/mol. The SMILES string of the molecule is Cc1ncsc1C(C)NCCSC(C)(C)C. The maximum Gasteiger partial charge on any atom is 0.0798 e. The van der Waals surface area contributed by atoms with E-state index in [2.05, 4.69) is 44.9 Å². The Labute approximate surface area is 107 Å². The van der Waals surface area contributed by atoms with Crippen LogP contribution < -0.4 is 5.32 Å². The Balaban J connectivity index is 2.26. The van der Waals surface area contributed by atoms with Gasteiger partial charge < -0.3 is 5.32 Å². The van der Waals surface area contributed by atoms with Crippen molar-refractivity contribution >= 4 is 23.1 Å². The lowest BCUT2D eigenvalue weighted by atomic mass is 10.2. The summed E-state index contributed by atoms with van der Waals surface area (Å²) in [7, 11) is 0. The number of aromatic nitrogens is 1. The third-order valence-electron chi connectivity index (χ3n) is 2.26. The highest BCUT2D eigenvalue weighted by atomic mass is 32.2. The largest absolute Gasteiger partial charge is 0.309 e. The van der Waals surface area contributed by atoms with Crippen LogP contribution in [-0.4, -0.2) is 22.0 Å². The normalized spacial score (nSPS) is 14.1. The first-order valence-electron chi connectivity index (χ1n) is 5.67. The molecule has 0 radical (unpaired) electrons. The molecule has 0 bridgehead atoms. The van der Waals surface area contributed by atoms with Gasteiger partial charge >= 0.3 is 0 Å². The van der Waals surface area contributed by atoms with Gasteiger partial charge in [-0.3, -0.25) is 0 Å². The van der Waals surface area contributed by atoms with Crippen molar-refractivity contribution < 1.29 is 0 Å². The summed E-state index contributed by atoms with van der Waals surface area (Å²) in [4.78, 5) is 5.64. The summed E-state index contributed by atoms with van der Waals surface area (Å²) in [5.74, 6) is 1.16. The van der Waals surface area contributed by atoms with Gasteiger partial charge in [0.15, 0.2) is 0 Å². The van der Waals surface area contributed by atoms with Crippen LogP contribution in [0.25, 0.3) is 0 Å². The van der Waals surface area contributed by atoms with E-state index in [-0.39, 0.29) is 0 Å². The van der Waals surface area contributed by atoms with Crippen molar-refractivity contribution in [2.45, 2.75) is 45.4 Å². The van der Waals surface area contributed by atoms with Gasteiger partial charge in [0.05, 0.1) is 11.2 Å². The minimum absolute atomic E-state index is 0.366. The number of hydrogen-bond donors (Lipinski definition) is 1. The summed E-state index contributed by atoms with van der Waals surface area (Å²) < 4.78 is 0.366. The summed E-state index contributed by atoms with van der Waals surface area (Å²) in [6.07, 6.45) is 0. The van der Waals surface area contributed by atoms with E-state index in [4.69, 9.17) is 0 Å². The molecule has 0 aliphatic heterocycles. The third kappa shape index (κ3) is 4.85. The topological polar surface area (TPSA) is 24.9 Å². The Morgan fingerprint density at radius 2 is 2.19 bits per heavy atom. The number of nitrogens with zero attached hydrogens (tertiary/aromatic N) is 1. The molecule has 1 atom stereocenters. The number of aryl methyl sites for hydroxylation is 1. The predicted molar refractivity (Wildman–Crippen MR) is 75.5 cm³/mol. The number of thiazole rings is 1. The molecule has 1 N–H and O–H groups in total. The van der Waals surface area contributed by atoms with Gasteiger partial charge in [0.25, 0.3) is 0 Å². The number of rotatable bonds is 5. The van der Waals surface area contributed by atoms with Crippen molar-refractivity contribution in [1.82, 2.24) is 10.3 Å². The van der Waals surface area contributed by atoms with Crippen LogP contribution in [0.1, 0.15) is 44.3 Å². The van der Waals surface area contributed by atoms with E-state index in [0.717, 1.165) is 18.0 Å². The van der Waals surface area contributed by atoms with Crippen molar-refractivity contribution in [2.24, 2.45) is 0 Å². The summed E-state index contributed by atoms with van der Waals surface area (Å²) in [6.45, 7) is 12.1. The highest BCUT2D eigenvalue weighted by Crippen LogP contribution is 2.23. The van der Waals surface area contributed by atoms with E-state index < -0.39 is 0 Å². The Bertz CT molecular complexity index is 315. The fraction of sp³-hybridized carbons (Fsp3) is 0.750. The molecule has 1 aromatic heterocycles. The molecule has 0 saturated carbocycles. The average Bonchev–Trinajstić information content (AvgIpc) is 2.57. The monoisotopic (exact) mass is 258 g/mol. The molecule has 0 aliphatic carbocycles. The summed E-state index contributed by atoms with van der Waals surface area (Å²) in [6, 6.07) is 0.424. The molecule has 0 aromatic carbocycles. The van der Waals surface area contributed by atoms with Crippen LogP contribution in [0.2, 0.25) is 0 Å². The van der Waals surface area contributed by atoms with E-state index in [1.165, 1.54) is 4.88 Å². The zero-order valence-corrected chi connectivity index (χ0v) is 12.5. The second-order valence-corrected chi connectivity index (χ2v) is 7.75. The second-order valence-electron chi connectivity index (χ2n) is 4.94. The first-order valence-corrected chi connectivity index (χ1v) is 7.54. The molecule has 0 fully saturated rings. The van der Waals surface area contributed by atoms with Crippen molar-refractivity contribution in [1.29, 1.82) is 0 Å². The molecular formula is C12H22N2S2. The molecule has 1 unspecified atom stereocenters. The highest BCUT2D eigenvalue weighted by Gasteiger charge is 2.12. The molecule has 1 aromatic rings. The number of nitrogens with one attached hydrogen (secondary N) is 1. The van der Waals surface area contributed by atoms with Crippen LogP contribution >= 0.6 is 23.1 Å². The maximum absolute atomic E-state index is 4.28. The molecule has 0 saturated heterocycles. The van der Waals surface area contributed by atoms with Gasteiger partial charge in [-0.1, -0.05) is 20.8 Å². The number of hydrogen-bond acceptors (Lipinski definition) is 4. The summed E-state index contributed by atoms with van der Waals surface area (Å²) in [5.41, 5.74) is 3.08. The van der Waals surface area contributed by atoms with Gasteiger partial charge in [-0.2, -0.15) is 11.8 Å². The molecule has 4 heteroatoms. The van der Waals surface area contributed by atoms with Gasteiger partial charge in [-0.05, 0) is 13.8 Å². The van der Waals surface area contributed by atoms with Gasteiger partial charge in [0, 0.05) is 28.0 Å². The van der Waals surface area contributed by atoms with Crippen molar-refractivity contribution in [3.05, 3.63) is 16.1 Å². The van der Waals surface area contributed by atoms with E-state index >= 15 is 0 Å². The molecule has 16 heavy (non-hydrogen) atoms. The number of thioether (sulfide) groups is 1. The Kier molecular flexibility index (Phi) is 5.28. The zero-order chi connectivity index (χ0) is 12.2. The van der Waals surface area contributed by atoms with Gasteiger partial charge in [0.2, 0.25) is 0 Å². The van der Waals surface area contributed by atoms with Crippen LogP contribution in [0.3, 0.4) is 0 Å². The Morgan fingerprint density at radius 1 is 1.50 bits per heavy atom. The fourth-order valence-electron chi connectivity index (χ4n) is 1.45. The quantitative estimate of drug-likeness (QED) is 0.816. The first-order chi connectivity index (χ1) is 7.40. The minimum atomic E-state index is 0.366. The van der Waals surface area contributed by atoms with Crippen LogP contribution in [-0.2, 0) is 0 Å². The lowest BCUT2D eigenvalue weighted by Crippen LogP contribution is -2.23. The second kappa shape index (κ2) is 6.03. The molecular weight excluding hydrogens is 236 g/mol. The Morgan fingerprint density at radius 3 is 2.69 bits per heavy atom. The standard InChI is InChI=1S/C12H22N2S2/c1-9(11-10(2)14-8-15-11)13-6-7-16-12(3,4)5/h8-9,13H,6-7H2,1-5H3. The van der Waals surface area contributed by atoms with Crippen LogP contribution in [0.5, 0.6) is 0 Å². The molecule has 0 aliphatic rings. The summed E-state index contributed by atoms with van der Waals surface area (Å²) in [5, 5.41) is 3.55. The lowest BCUT2D eigenvalue weighted by molar-refractivity contribution is 0.605. The summed E-state index contributed by atoms with van der Waals surface area (Å²) >= 11 is 3.74. The minimum Gasteiger partial charge on any atom is -0.309 e. The van der Waals surface area contributed by atoms with Gasteiger partial charge in [0.1, 0.15) is 0 Å². The fourth-order valence-corrected chi connectivity index (χ4v) is 3.12. The Hall–Kier alpha value is -0.0600. The van der Waals surface area contributed by atoms with Crippen LogP contribution in [0, 0.1) is 6.92 Å². The zero-order valence-electron chi connectivity index (χ0n) is 10.8. The van der Waals surface area contributed by atoms with Gasteiger partial charge in [-0.15, -0.1) is 11.3 Å².